The van der Waals surface area contributed by atoms with Crippen molar-refractivity contribution in [1.82, 2.24) is 5.32 Å². The Morgan fingerprint density at radius 3 is 2.43 bits per heavy atom. The van der Waals surface area contributed by atoms with E-state index >= 15 is 0 Å². The number of anilines is 1. The molecule has 0 unspecified atom stereocenters. The van der Waals surface area contributed by atoms with Crippen LogP contribution in [0.1, 0.15) is 13.8 Å². The van der Waals surface area contributed by atoms with Gasteiger partial charge in [0.1, 0.15) is 11.2 Å². The third-order valence-corrected chi connectivity index (χ3v) is 3.07. The summed E-state index contributed by atoms with van der Waals surface area (Å²) < 4.78 is 13.4. The first-order chi connectivity index (χ1) is 9.64. The molecular weight excluding hydrogens is 285 g/mol. The first-order valence-electron chi connectivity index (χ1n) is 5.79. The molecule has 1 aliphatic rings. The van der Waals surface area contributed by atoms with E-state index in [1.807, 2.05) is 5.32 Å². The van der Waals surface area contributed by atoms with Crippen LogP contribution >= 0.6 is 0 Å². The molecular formula is C12H10FN3O5. The van der Waals surface area contributed by atoms with Crippen molar-refractivity contribution in [2.24, 2.45) is 5.41 Å². The molecule has 110 valence electrons. The SMILES string of the molecule is CC1(C)C(=O)NC(=O)N(c2cc(F)cc([N+](=O)[O-])c2)C1=O. The highest BCUT2D eigenvalue weighted by molar-refractivity contribution is 6.29. The molecule has 1 aliphatic heterocycles. The maximum atomic E-state index is 13.4. The third-order valence-electron chi connectivity index (χ3n) is 3.07. The zero-order chi connectivity index (χ0) is 15.9. The van der Waals surface area contributed by atoms with E-state index in [0.717, 1.165) is 12.1 Å². The topological polar surface area (TPSA) is 110 Å². The number of benzene rings is 1. The molecule has 1 heterocycles. The van der Waals surface area contributed by atoms with Gasteiger partial charge in [0, 0.05) is 6.07 Å². The number of carbonyl (C=O) groups is 3. The van der Waals surface area contributed by atoms with Crippen LogP contribution in [-0.4, -0.2) is 22.8 Å². The maximum absolute atomic E-state index is 13.4. The predicted molar refractivity (Wildman–Crippen MR) is 67.9 cm³/mol. The number of non-ortho nitro benzene ring substituents is 1. The molecule has 0 bridgehead atoms. The molecule has 0 radical (unpaired) electrons. The van der Waals surface area contributed by atoms with Crippen molar-refractivity contribution in [2.75, 3.05) is 4.90 Å². The Kier molecular flexibility index (Phi) is 3.20. The van der Waals surface area contributed by atoms with Crippen LogP contribution in [0, 0.1) is 21.3 Å². The van der Waals surface area contributed by atoms with Crippen LogP contribution in [0.3, 0.4) is 0 Å². The van der Waals surface area contributed by atoms with Gasteiger partial charge >= 0.3 is 6.03 Å². The normalized spacial score (nSPS) is 17.7. The molecule has 1 saturated heterocycles. The van der Waals surface area contributed by atoms with E-state index in [-0.39, 0.29) is 5.69 Å². The number of hydrogen-bond acceptors (Lipinski definition) is 5. The largest absolute Gasteiger partial charge is 0.335 e. The van der Waals surface area contributed by atoms with Crippen molar-refractivity contribution in [3.8, 4) is 0 Å². The van der Waals surface area contributed by atoms with Gasteiger partial charge in [0.05, 0.1) is 16.7 Å². The fourth-order valence-electron chi connectivity index (χ4n) is 1.81. The highest BCUT2D eigenvalue weighted by Gasteiger charge is 2.47. The summed E-state index contributed by atoms with van der Waals surface area (Å²) in [7, 11) is 0. The summed E-state index contributed by atoms with van der Waals surface area (Å²) in [4.78, 5) is 46.0. The standard InChI is InChI=1S/C12H10FN3O5/c1-12(2)9(17)14-11(19)15(10(12)18)7-3-6(13)4-8(5-7)16(20)21/h3-5H,1-2H3,(H,14,17,19). The Balaban J connectivity index is 2.55. The number of nitrogens with zero attached hydrogens (tertiary/aromatic N) is 2. The van der Waals surface area contributed by atoms with Crippen LogP contribution in [0.15, 0.2) is 18.2 Å². The van der Waals surface area contributed by atoms with Crippen molar-refractivity contribution in [3.05, 3.63) is 34.1 Å². The first-order valence-corrected chi connectivity index (χ1v) is 5.79. The average molecular weight is 295 g/mol. The second kappa shape index (κ2) is 4.62. The molecule has 2 rings (SSSR count). The molecule has 4 amide bonds. The van der Waals surface area contributed by atoms with E-state index in [2.05, 4.69) is 0 Å². The van der Waals surface area contributed by atoms with Crippen molar-refractivity contribution < 1.29 is 23.7 Å². The molecule has 1 aromatic carbocycles. The lowest BCUT2D eigenvalue weighted by Gasteiger charge is -2.34. The van der Waals surface area contributed by atoms with E-state index in [9.17, 15) is 28.9 Å². The quantitative estimate of drug-likeness (QED) is 0.503. The average Bonchev–Trinajstić information content (AvgIpc) is 2.36. The molecule has 8 nitrogen and oxygen atoms in total. The zero-order valence-electron chi connectivity index (χ0n) is 11.0. The van der Waals surface area contributed by atoms with E-state index in [1.54, 1.807) is 0 Å². The molecule has 0 aliphatic carbocycles. The Morgan fingerprint density at radius 1 is 1.24 bits per heavy atom. The number of urea groups is 1. The molecule has 1 fully saturated rings. The fourth-order valence-corrected chi connectivity index (χ4v) is 1.81. The third kappa shape index (κ3) is 2.33. The molecule has 1 N–H and O–H groups in total. The fraction of sp³-hybridized carbons (Fsp3) is 0.250. The van der Waals surface area contributed by atoms with Crippen molar-refractivity contribution in [2.45, 2.75) is 13.8 Å². The number of rotatable bonds is 2. The lowest BCUT2D eigenvalue weighted by molar-refractivity contribution is -0.385. The summed E-state index contributed by atoms with van der Waals surface area (Å²) in [5.74, 6) is -2.66. The van der Waals surface area contributed by atoms with Gasteiger partial charge in [-0.2, -0.15) is 0 Å². The van der Waals surface area contributed by atoms with Gasteiger partial charge in [0.2, 0.25) is 11.8 Å². The maximum Gasteiger partial charge on any atom is 0.335 e. The number of hydrogen-bond donors (Lipinski definition) is 1. The van der Waals surface area contributed by atoms with Gasteiger partial charge in [0.15, 0.2) is 0 Å². The number of imide groups is 2. The lowest BCUT2D eigenvalue weighted by Crippen LogP contribution is -2.62. The second-order valence-corrected chi connectivity index (χ2v) is 4.95. The number of nitro groups is 1. The number of carbonyl (C=O) groups excluding carboxylic acids is 3. The van der Waals surface area contributed by atoms with E-state index < -0.39 is 39.7 Å². The Hall–Kier alpha value is -2.84. The smallest absolute Gasteiger partial charge is 0.276 e. The molecule has 9 heteroatoms. The van der Waals surface area contributed by atoms with Crippen LogP contribution in [0.2, 0.25) is 0 Å². The molecule has 0 spiro atoms. The van der Waals surface area contributed by atoms with Gasteiger partial charge in [-0.3, -0.25) is 25.0 Å². The van der Waals surface area contributed by atoms with Crippen LogP contribution in [0.25, 0.3) is 0 Å². The Morgan fingerprint density at radius 2 is 1.86 bits per heavy atom. The minimum absolute atomic E-state index is 0.315. The molecule has 0 saturated carbocycles. The molecule has 0 atom stereocenters. The van der Waals surface area contributed by atoms with Crippen LogP contribution in [-0.2, 0) is 9.59 Å². The van der Waals surface area contributed by atoms with Crippen molar-refractivity contribution in [3.63, 3.8) is 0 Å². The minimum Gasteiger partial charge on any atom is -0.276 e. The summed E-state index contributed by atoms with van der Waals surface area (Å²) in [6, 6.07) is 1.26. The summed E-state index contributed by atoms with van der Waals surface area (Å²) in [6.45, 7) is 2.58. The van der Waals surface area contributed by atoms with Gasteiger partial charge < -0.3 is 0 Å². The van der Waals surface area contributed by atoms with E-state index in [1.165, 1.54) is 13.8 Å². The second-order valence-electron chi connectivity index (χ2n) is 4.95. The highest BCUT2D eigenvalue weighted by atomic mass is 19.1. The minimum atomic E-state index is -1.55. The number of nitro benzene ring substituents is 1. The number of halogens is 1. The lowest BCUT2D eigenvalue weighted by atomic mass is 9.88. The van der Waals surface area contributed by atoms with Crippen LogP contribution in [0.4, 0.5) is 20.6 Å². The Bertz CT molecular complexity index is 685. The predicted octanol–water partition coefficient (Wildman–Crippen LogP) is 1.34. The summed E-state index contributed by atoms with van der Waals surface area (Å²) in [5, 5.41) is 12.7. The summed E-state index contributed by atoms with van der Waals surface area (Å²) in [6.07, 6.45) is 0. The van der Waals surface area contributed by atoms with Gasteiger partial charge in [0.25, 0.3) is 5.69 Å². The van der Waals surface area contributed by atoms with E-state index in [0.29, 0.717) is 11.0 Å². The van der Waals surface area contributed by atoms with Gasteiger partial charge in [-0.1, -0.05) is 0 Å². The van der Waals surface area contributed by atoms with Gasteiger partial charge in [-0.05, 0) is 19.9 Å². The molecule has 0 aromatic heterocycles. The number of nitrogens with one attached hydrogen (secondary N) is 1. The first kappa shape index (κ1) is 14.6. The number of amides is 4. The Labute approximate surface area is 117 Å². The van der Waals surface area contributed by atoms with E-state index in [4.69, 9.17) is 0 Å². The number of barbiturate groups is 1. The van der Waals surface area contributed by atoms with Crippen LogP contribution < -0.4 is 10.2 Å². The summed E-state index contributed by atoms with van der Waals surface area (Å²) >= 11 is 0. The summed E-state index contributed by atoms with van der Waals surface area (Å²) in [5.41, 5.74) is -2.47. The molecule has 1 aromatic rings. The monoisotopic (exact) mass is 295 g/mol. The van der Waals surface area contributed by atoms with Crippen molar-refractivity contribution >= 4 is 29.2 Å². The highest BCUT2D eigenvalue weighted by Crippen LogP contribution is 2.30. The molecule has 21 heavy (non-hydrogen) atoms. The van der Waals surface area contributed by atoms with Gasteiger partial charge in [-0.25, -0.2) is 14.1 Å². The van der Waals surface area contributed by atoms with Gasteiger partial charge in [-0.15, -0.1) is 0 Å². The van der Waals surface area contributed by atoms with Crippen LogP contribution in [0.5, 0.6) is 0 Å². The van der Waals surface area contributed by atoms with Crippen molar-refractivity contribution in [1.29, 1.82) is 0 Å². The zero-order valence-corrected chi connectivity index (χ0v) is 11.0.